The second-order valence-electron chi connectivity index (χ2n) is 8.62. The van der Waals surface area contributed by atoms with Crippen LogP contribution < -0.4 is 20.5 Å². The third kappa shape index (κ3) is 6.99. The number of halogens is 4. The lowest BCUT2D eigenvalue weighted by Gasteiger charge is -2.34. The first kappa shape index (κ1) is 30.2. The summed E-state index contributed by atoms with van der Waals surface area (Å²) in [6, 6.07) is 10.9. The highest BCUT2D eigenvalue weighted by Gasteiger charge is 2.50. The lowest BCUT2D eigenvalue weighted by atomic mass is 9.96. The van der Waals surface area contributed by atoms with Crippen LogP contribution in [0.15, 0.2) is 57.9 Å². The number of carbonyl (C=O) groups excluding carboxylic acids is 1. The number of alkyl halides is 3. The average molecular weight is 591 g/mol. The zero-order valence-corrected chi connectivity index (χ0v) is 22.1. The summed E-state index contributed by atoms with van der Waals surface area (Å²) in [6.07, 6.45) is -3.68. The second kappa shape index (κ2) is 12.2. The van der Waals surface area contributed by atoms with Crippen LogP contribution in [0.3, 0.4) is 0 Å². The van der Waals surface area contributed by atoms with Gasteiger partial charge in [0.05, 0.1) is 11.5 Å². The van der Waals surface area contributed by atoms with Crippen molar-refractivity contribution in [2.45, 2.75) is 41.7 Å². The largest absolute Gasteiger partial charge is 0.573 e. The number of piperidine rings is 1. The number of hydrogen-bond acceptors (Lipinski definition) is 9. The number of rotatable bonds is 10. The van der Waals surface area contributed by atoms with Crippen molar-refractivity contribution in [3.05, 3.63) is 54.4 Å². The van der Waals surface area contributed by atoms with Gasteiger partial charge in [0.1, 0.15) is 11.5 Å². The fraction of sp³-hybridized carbons (Fsp3) is 0.375. The topological polar surface area (TPSA) is 147 Å². The Balaban J connectivity index is 0.00000420. The Bertz CT molecular complexity index is 1360. The van der Waals surface area contributed by atoms with E-state index in [2.05, 4.69) is 20.2 Å². The molecule has 0 atom stereocenters. The van der Waals surface area contributed by atoms with Crippen LogP contribution in [0.25, 0.3) is 11.4 Å². The molecule has 39 heavy (non-hydrogen) atoms. The van der Waals surface area contributed by atoms with Crippen LogP contribution >= 0.6 is 12.4 Å². The van der Waals surface area contributed by atoms with Crippen molar-refractivity contribution in [1.29, 1.82) is 0 Å². The van der Waals surface area contributed by atoms with Gasteiger partial charge >= 0.3 is 6.36 Å². The summed E-state index contributed by atoms with van der Waals surface area (Å²) in [5.41, 5.74) is 5.98. The summed E-state index contributed by atoms with van der Waals surface area (Å²) in [4.78, 5) is 16.4. The molecule has 0 spiro atoms. The molecule has 0 saturated carbocycles. The number of aromatic nitrogens is 2. The van der Waals surface area contributed by atoms with Crippen LogP contribution in [0, 0.1) is 0 Å². The SMILES string of the molecule is Cl.NC(=O)C1(S(=O)(=O)c2ccc(OCCCc3nc(-c4ccc(OC(F)(F)F)cc4)no3)cc2)CCNCC1. The summed E-state index contributed by atoms with van der Waals surface area (Å²) >= 11 is 0. The Kier molecular flexibility index (Phi) is 9.46. The zero-order chi connectivity index (χ0) is 27.4. The van der Waals surface area contributed by atoms with E-state index in [1.807, 2.05) is 0 Å². The molecule has 1 amide bonds. The minimum atomic E-state index is -4.77. The molecule has 3 N–H and O–H groups in total. The van der Waals surface area contributed by atoms with Crippen molar-refractivity contribution >= 4 is 28.2 Å². The van der Waals surface area contributed by atoms with E-state index in [1.165, 1.54) is 36.4 Å². The fourth-order valence-electron chi connectivity index (χ4n) is 4.11. The van der Waals surface area contributed by atoms with Crippen molar-refractivity contribution in [1.82, 2.24) is 15.5 Å². The molecule has 1 aliphatic heterocycles. The van der Waals surface area contributed by atoms with Crippen LogP contribution in [0.4, 0.5) is 13.2 Å². The predicted octanol–water partition coefficient (Wildman–Crippen LogP) is 3.45. The third-order valence-corrected chi connectivity index (χ3v) is 8.66. The number of nitrogens with zero attached hydrogens (tertiary/aromatic N) is 2. The molecule has 2 heterocycles. The molecule has 0 bridgehead atoms. The van der Waals surface area contributed by atoms with Gasteiger partial charge in [-0.05, 0) is 80.9 Å². The Morgan fingerprint density at radius 1 is 1.05 bits per heavy atom. The minimum absolute atomic E-state index is 0. The van der Waals surface area contributed by atoms with Gasteiger partial charge in [-0.3, -0.25) is 4.79 Å². The molecular weight excluding hydrogens is 565 g/mol. The van der Waals surface area contributed by atoms with Crippen molar-refractivity contribution < 1.29 is 40.4 Å². The van der Waals surface area contributed by atoms with Gasteiger partial charge in [-0.2, -0.15) is 4.98 Å². The molecule has 0 unspecified atom stereocenters. The molecule has 212 valence electrons. The van der Waals surface area contributed by atoms with Gasteiger partial charge in [-0.1, -0.05) is 5.16 Å². The Morgan fingerprint density at radius 2 is 1.67 bits per heavy atom. The number of nitrogens with two attached hydrogens (primary N) is 1. The van der Waals surface area contributed by atoms with E-state index in [-0.39, 0.29) is 48.3 Å². The number of benzene rings is 2. The average Bonchev–Trinajstić information content (AvgIpc) is 3.35. The first-order chi connectivity index (χ1) is 18.0. The van der Waals surface area contributed by atoms with Gasteiger partial charge in [0.25, 0.3) is 0 Å². The van der Waals surface area contributed by atoms with E-state index in [9.17, 15) is 26.4 Å². The summed E-state index contributed by atoms with van der Waals surface area (Å²) < 4.78 is 76.3. The van der Waals surface area contributed by atoms with Crippen LogP contribution in [0.1, 0.15) is 25.2 Å². The molecule has 15 heteroatoms. The Morgan fingerprint density at radius 3 is 2.26 bits per heavy atom. The highest BCUT2D eigenvalue weighted by atomic mass is 35.5. The van der Waals surface area contributed by atoms with Crippen molar-refractivity contribution in [3.8, 4) is 22.9 Å². The number of hydrogen-bond donors (Lipinski definition) is 2. The maximum absolute atomic E-state index is 13.2. The molecule has 0 aliphatic carbocycles. The van der Waals surface area contributed by atoms with Crippen molar-refractivity contribution in [2.75, 3.05) is 19.7 Å². The number of primary amides is 1. The van der Waals surface area contributed by atoms with Crippen LogP contribution in [0.5, 0.6) is 11.5 Å². The van der Waals surface area contributed by atoms with Crippen molar-refractivity contribution in [3.63, 3.8) is 0 Å². The standard InChI is InChI=1S/C24H25F3N4O6S.ClH/c25-24(26,27)36-18-5-3-16(4-6-18)21-30-20(37-31-21)2-1-15-35-17-7-9-19(10-8-17)38(33,34)23(22(28)32)11-13-29-14-12-23;/h3-10,29H,1-2,11-15H2,(H2,28,32);1H. The zero-order valence-electron chi connectivity index (χ0n) is 20.4. The molecule has 1 saturated heterocycles. The lowest BCUT2D eigenvalue weighted by molar-refractivity contribution is -0.274. The van der Waals surface area contributed by atoms with E-state index in [4.69, 9.17) is 15.0 Å². The van der Waals surface area contributed by atoms with E-state index in [0.29, 0.717) is 43.1 Å². The summed E-state index contributed by atoms with van der Waals surface area (Å²) in [5.74, 6) is -0.227. The number of nitrogens with one attached hydrogen (secondary N) is 1. The molecule has 4 rings (SSSR count). The smallest absolute Gasteiger partial charge is 0.494 e. The molecule has 1 aliphatic rings. The van der Waals surface area contributed by atoms with Crippen LogP contribution in [-0.4, -0.2) is 55.3 Å². The molecule has 3 aromatic rings. The molecule has 1 aromatic heterocycles. The summed E-state index contributed by atoms with van der Waals surface area (Å²) in [6.45, 7) is 1.03. The lowest BCUT2D eigenvalue weighted by Crippen LogP contribution is -2.56. The summed E-state index contributed by atoms with van der Waals surface area (Å²) in [7, 11) is -3.99. The number of amides is 1. The molecule has 10 nitrogen and oxygen atoms in total. The first-order valence-electron chi connectivity index (χ1n) is 11.7. The monoisotopic (exact) mass is 590 g/mol. The van der Waals surface area contributed by atoms with Gasteiger partial charge in [0.2, 0.25) is 17.6 Å². The Hall–Kier alpha value is -3.36. The third-order valence-electron chi connectivity index (χ3n) is 6.13. The van der Waals surface area contributed by atoms with Gasteiger partial charge in [-0.15, -0.1) is 25.6 Å². The maximum Gasteiger partial charge on any atom is 0.573 e. The van der Waals surface area contributed by atoms with Crippen LogP contribution in [-0.2, 0) is 21.1 Å². The van der Waals surface area contributed by atoms with Gasteiger partial charge < -0.3 is 25.0 Å². The van der Waals surface area contributed by atoms with Gasteiger partial charge in [-0.25, -0.2) is 8.42 Å². The molecular formula is C24H26ClF3N4O6S. The highest BCUT2D eigenvalue weighted by molar-refractivity contribution is 7.93. The minimum Gasteiger partial charge on any atom is -0.494 e. The van der Waals surface area contributed by atoms with Crippen molar-refractivity contribution in [2.24, 2.45) is 5.73 Å². The molecule has 2 aromatic carbocycles. The normalized spacial score (nSPS) is 15.3. The number of sulfone groups is 1. The maximum atomic E-state index is 13.2. The predicted molar refractivity (Wildman–Crippen MR) is 135 cm³/mol. The fourth-order valence-corrected chi connectivity index (χ4v) is 6.06. The second-order valence-corrected chi connectivity index (χ2v) is 10.9. The van der Waals surface area contributed by atoms with E-state index < -0.39 is 26.9 Å². The first-order valence-corrected chi connectivity index (χ1v) is 13.2. The summed E-state index contributed by atoms with van der Waals surface area (Å²) in [5, 5.41) is 6.87. The quantitative estimate of drug-likeness (QED) is 0.339. The van der Waals surface area contributed by atoms with E-state index >= 15 is 0 Å². The Labute approximate surface area is 228 Å². The molecule has 0 radical (unpaired) electrons. The number of aryl methyl sites for hydroxylation is 1. The van der Waals surface area contributed by atoms with Crippen LogP contribution in [0.2, 0.25) is 0 Å². The van der Waals surface area contributed by atoms with Gasteiger partial charge in [0, 0.05) is 12.0 Å². The van der Waals surface area contributed by atoms with E-state index in [0.717, 1.165) is 12.1 Å². The van der Waals surface area contributed by atoms with Gasteiger partial charge in [0.15, 0.2) is 14.6 Å². The van der Waals surface area contributed by atoms with E-state index in [1.54, 1.807) is 0 Å². The highest BCUT2D eigenvalue weighted by Crippen LogP contribution is 2.34. The number of carbonyl (C=O) groups is 1. The number of ether oxygens (including phenoxy) is 2. The molecule has 1 fully saturated rings.